The smallest absolute Gasteiger partial charge is 0.263 e. The summed E-state index contributed by atoms with van der Waals surface area (Å²) in [4.78, 5) is 33.6. The molecule has 1 aliphatic heterocycles. The lowest BCUT2D eigenvalue weighted by atomic mass is 9.86. The Kier molecular flexibility index (Phi) is 5.20. The Morgan fingerprint density at radius 2 is 1.97 bits per heavy atom. The van der Waals surface area contributed by atoms with Crippen LogP contribution in [0.2, 0.25) is 0 Å². The molecule has 1 saturated heterocycles. The lowest BCUT2D eigenvalue weighted by molar-refractivity contribution is 0.0380. The molecular weight excluding hydrogens is 366 g/mol. The van der Waals surface area contributed by atoms with Crippen molar-refractivity contribution in [1.82, 2.24) is 14.9 Å². The van der Waals surface area contributed by atoms with Crippen molar-refractivity contribution >= 4 is 16.7 Å². The number of aliphatic hydroxyl groups excluding tert-OH is 1. The van der Waals surface area contributed by atoms with Crippen molar-refractivity contribution in [2.45, 2.75) is 38.2 Å². The van der Waals surface area contributed by atoms with E-state index in [4.69, 9.17) is 0 Å². The van der Waals surface area contributed by atoms with Crippen molar-refractivity contribution in [1.29, 1.82) is 0 Å². The van der Waals surface area contributed by atoms with Crippen LogP contribution in [0, 0.1) is 0 Å². The molecule has 0 saturated carbocycles. The zero-order valence-corrected chi connectivity index (χ0v) is 16.6. The van der Waals surface area contributed by atoms with Crippen molar-refractivity contribution in [2.75, 3.05) is 13.1 Å². The monoisotopic (exact) mass is 391 g/mol. The van der Waals surface area contributed by atoms with E-state index in [0.717, 1.165) is 16.3 Å². The topological polar surface area (TPSA) is 86.3 Å². The van der Waals surface area contributed by atoms with E-state index < -0.39 is 11.7 Å². The molecule has 2 N–H and O–H groups in total. The first-order valence-electron chi connectivity index (χ1n) is 9.99. The van der Waals surface area contributed by atoms with Gasteiger partial charge >= 0.3 is 0 Å². The number of carbonyl (C=O) groups is 1. The highest BCUT2D eigenvalue weighted by Gasteiger charge is 2.32. The average Bonchev–Trinajstić information content (AvgIpc) is 2.72. The van der Waals surface area contributed by atoms with Crippen LogP contribution in [0.3, 0.4) is 0 Å². The van der Waals surface area contributed by atoms with E-state index in [2.05, 4.69) is 34.2 Å². The van der Waals surface area contributed by atoms with Crippen molar-refractivity contribution < 1.29 is 9.90 Å². The predicted molar refractivity (Wildman–Crippen MR) is 112 cm³/mol. The Morgan fingerprint density at radius 3 is 2.66 bits per heavy atom. The molecule has 150 valence electrons. The number of H-pyrrole nitrogens is 1. The van der Waals surface area contributed by atoms with Gasteiger partial charge < -0.3 is 15.0 Å². The molecule has 0 spiro atoms. The van der Waals surface area contributed by atoms with Crippen LogP contribution in [0.1, 0.15) is 53.8 Å². The lowest BCUT2D eigenvalue weighted by Crippen LogP contribution is -2.47. The van der Waals surface area contributed by atoms with Crippen LogP contribution in [0.4, 0.5) is 0 Å². The number of β-amino-alcohol motifs (C(OH)–C–C–N with tert-alkyl or cyclic N) is 1. The summed E-state index contributed by atoms with van der Waals surface area (Å²) in [5.41, 5.74) is 0.662. The molecule has 2 atom stereocenters. The number of piperidine rings is 1. The second kappa shape index (κ2) is 7.79. The molecule has 0 bridgehead atoms. The summed E-state index contributed by atoms with van der Waals surface area (Å²) < 4.78 is 0. The first kappa shape index (κ1) is 19.3. The molecule has 1 aliphatic rings. The van der Waals surface area contributed by atoms with E-state index in [1.807, 2.05) is 32.0 Å². The standard InChI is InChI=1S/C23H25N3O3/c1-14(2)21-24-12-19(22(28)25-21)23(29)26-10-9-18(20(27)13-26)17-8-7-15-5-3-4-6-16(15)11-17/h3-8,11-12,14,18,20,27H,9-10,13H2,1-2H3,(H,24,25,28)/t18-,20+/m1/s1. The van der Waals surface area contributed by atoms with Gasteiger partial charge in [-0.1, -0.05) is 56.3 Å². The van der Waals surface area contributed by atoms with E-state index in [1.54, 1.807) is 4.90 Å². The Labute approximate surface area is 169 Å². The normalized spacial score (nSPS) is 19.7. The van der Waals surface area contributed by atoms with Gasteiger partial charge in [0.25, 0.3) is 11.5 Å². The maximum Gasteiger partial charge on any atom is 0.263 e. The molecule has 0 aliphatic carbocycles. The number of aromatic amines is 1. The highest BCUT2D eigenvalue weighted by atomic mass is 16.3. The summed E-state index contributed by atoms with van der Waals surface area (Å²) >= 11 is 0. The Balaban J connectivity index is 1.51. The van der Waals surface area contributed by atoms with E-state index in [9.17, 15) is 14.7 Å². The van der Waals surface area contributed by atoms with Gasteiger partial charge in [0, 0.05) is 31.1 Å². The largest absolute Gasteiger partial charge is 0.391 e. The summed E-state index contributed by atoms with van der Waals surface area (Å²) in [6.07, 6.45) is 1.30. The molecule has 2 aromatic carbocycles. The fourth-order valence-corrected chi connectivity index (χ4v) is 3.97. The van der Waals surface area contributed by atoms with E-state index >= 15 is 0 Å². The third-order valence-electron chi connectivity index (χ3n) is 5.67. The number of amides is 1. The van der Waals surface area contributed by atoms with E-state index in [0.29, 0.717) is 18.8 Å². The second-order valence-corrected chi connectivity index (χ2v) is 7.99. The van der Waals surface area contributed by atoms with Gasteiger partial charge in [0.2, 0.25) is 0 Å². The minimum atomic E-state index is -0.684. The van der Waals surface area contributed by atoms with Gasteiger partial charge in [0.05, 0.1) is 6.10 Å². The summed E-state index contributed by atoms with van der Waals surface area (Å²) in [7, 11) is 0. The molecule has 1 amide bonds. The van der Waals surface area contributed by atoms with Crippen LogP contribution in [-0.2, 0) is 0 Å². The molecule has 29 heavy (non-hydrogen) atoms. The van der Waals surface area contributed by atoms with E-state index in [-0.39, 0.29) is 29.9 Å². The molecule has 1 fully saturated rings. The number of benzene rings is 2. The van der Waals surface area contributed by atoms with Gasteiger partial charge in [-0.2, -0.15) is 0 Å². The Bertz CT molecular complexity index is 1110. The number of hydrogen-bond donors (Lipinski definition) is 2. The number of carbonyl (C=O) groups excluding carboxylic acids is 1. The zero-order chi connectivity index (χ0) is 20.5. The molecule has 0 radical (unpaired) electrons. The molecule has 6 heteroatoms. The summed E-state index contributed by atoms with van der Waals surface area (Å²) in [5.74, 6) is 0.210. The number of hydrogen-bond acceptors (Lipinski definition) is 4. The fraction of sp³-hybridized carbons (Fsp3) is 0.348. The van der Waals surface area contributed by atoms with Crippen LogP contribution in [0.5, 0.6) is 0 Å². The number of nitrogens with zero attached hydrogens (tertiary/aromatic N) is 2. The average molecular weight is 391 g/mol. The van der Waals surface area contributed by atoms with Gasteiger partial charge in [-0.3, -0.25) is 9.59 Å². The zero-order valence-electron chi connectivity index (χ0n) is 16.6. The lowest BCUT2D eigenvalue weighted by Gasteiger charge is -2.36. The molecule has 0 unspecified atom stereocenters. The van der Waals surface area contributed by atoms with Gasteiger partial charge in [-0.15, -0.1) is 0 Å². The highest BCUT2D eigenvalue weighted by Crippen LogP contribution is 2.31. The Hall–Kier alpha value is -2.99. The quantitative estimate of drug-likeness (QED) is 0.719. The van der Waals surface area contributed by atoms with Crippen molar-refractivity contribution in [2.24, 2.45) is 0 Å². The van der Waals surface area contributed by atoms with Crippen molar-refractivity contribution in [3.8, 4) is 0 Å². The van der Waals surface area contributed by atoms with Crippen LogP contribution < -0.4 is 5.56 Å². The summed E-state index contributed by atoms with van der Waals surface area (Å²) in [5, 5.41) is 13.1. The van der Waals surface area contributed by atoms with E-state index in [1.165, 1.54) is 6.20 Å². The summed E-state index contributed by atoms with van der Waals surface area (Å²) in [6, 6.07) is 14.4. The SMILES string of the molecule is CC(C)c1ncc(C(=O)N2CC[C@H](c3ccc4ccccc4c3)[C@@H](O)C2)c(=O)[nH]1. The number of likely N-dealkylation sites (tertiary alicyclic amines) is 1. The van der Waals surface area contributed by atoms with Gasteiger partial charge in [-0.25, -0.2) is 4.98 Å². The highest BCUT2D eigenvalue weighted by molar-refractivity contribution is 5.93. The van der Waals surface area contributed by atoms with Crippen LogP contribution in [-0.4, -0.2) is 45.1 Å². The summed E-state index contributed by atoms with van der Waals surface area (Å²) in [6.45, 7) is 4.53. The number of rotatable bonds is 3. The number of nitrogens with one attached hydrogen (secondary N) is 1. The van der Waals surface area contributed by atoms with Gasteiger partial charge in [0.15, 0.2) is 0 Å². The minimum Gasteiger partial charge on any atom is -0.391 e. The number of aromatic nitrogens is 2. The molecule has 1 aromatic heterocycles. The molecule has 6 nitrogen and oxygen atoms in total. The van der Waals surface area contributed by atoms with Crippen LogP contribution in [0.15, 0.2) is 53.5 Å². The van der Waals surface area contributed by atoms with Gasteiger partial charge in [0.1, 0.15) is 11.4 Å². The molecule has 2 heterocycles. The fourth-order valence-electron chi connectivity index (χ4n) is 3.97. The maximum absolute atomic E-state index is 12.8. The third kappa shape index (κ3) is 3.80. The number of fused-ring (bicyclic) bond motifs is 1. The van der Waals surface area contributed by atoms with Gasteiger partial charge in [-0.05, 0) is 22.8 Å². The third-order valence-corrected chi connectivity index (χ3v) is 5.67. The minimum absolute atomic E-state index is 0.0192. The first-order valence-corrected chi connectivity index (χ1v) is 9.99. The molecular formula is C23H25N3O3. The molecule has 4 rings (SSSR count). The maximum atomic E-state index is 12.8. The Morgan fingerprint density at radius 1 is 1.21 bits per heavy atom. The van der Waals surface area contributed by atoms with Crippen molar-refractivity contribution in [3.05, 3.63) is 76.0 Å². The predicted octanol–water partition coefficient (Wildman–Crippen LogP) is 3.04. The number of aliphatic hydroxyl groups is 1. The van der Waals surface area contributed by atoms with Crippen LogP contribution in [0.25, 0.3) is 10.8 Å². The first-order chi connectivity index (χ1) is 13.9. The van der Waals surface area contributed by atoms with Crippen LogP contribution >= 0.6 is 0 Å². The second-order valence-electron chi connectivity index (χ2n) is 7.99. The van der Waals surface area contributed by atoms with Crippen molar-refractivity contribution in [3.63, 3.8) is 0 Å². The molecule has 3 aromatic rings.